The molecule has 6 heteroatoms. The number of carbonyl (C=O) groups is 2. The first kappa shape index (κ1) is 22.1. The molecule has 0 radical (unpaired) electrons. The van der Waals surface area contributed by atoms with Gasteiger partial charge in [-0.2, -0.15) is 0 Å². The summed E-state index contributed by atoms with van der Waals surface area (Å²) in [5, 5.41) is 2.99. The fourth-order valence-electron chi connectivity index (χ4n) is 3.60. The van der Waals surface area contributed by atoms with Crippen molar-refractivity contribution in [2.24, 2.45) is 0 Å². The Hall–Kier alpha value is -4.06. The lowest BCUT2D eigenvalue weighted by molar-refractivity contribution is -0.125. The molecule has 0 fully saturated rings. The van der Waals surface area contributed by atoms with E-state index < -0.39 is 5.97 Å². The third kappa shape index (κ3) is 5.60. The number of fused-ring (bicyclic) bond motifs is 1. The Balaban J connectivity index is 1.42. The number of nitrogens with zero attached hydrogens (tertiary/aromatic N) is 2. The van der Waals surface area contributed by atoms with E-state index in [0.29, 0.717) is 23.0 Å². The molecule has 166 valence electrons. The minimum absolute atomic E-state index is 0.234. The molecule has 0 aliphatic carbocycles. The minimum Gasteiger partial charge on any atom is -0.452 e. The van der Waals surface area contributed by atoms with Crippen LogP contribution in [0.5, 0.6) is 0 Å². The maximum Gasteiger partial charge on any atom is 0.338 e. The van der Waals surface area contributed by atoms with Crippen LogP contribution in [0.15, 0.2) is 78.9 Å². The molecule has 0 unspecified atom stereocenters. The van der Waals surface area contributed by atoms with E-state index in [1.165, 1.54) is 0 Å². The average molecular weight is 440 g/mol. The van der Waals surface area contributed by atoms with Crippen molar-refractivity contribution in [3.8, 4) is 0 Å². The number of rotatable bonds is 7. The van der Waals surface area contributed by atoms with Crippen molar-refractivity contribution >= 4 is 22.9 Å². The molecule has 1 atom stereocenters. The van der Waals surface area contributed by atoms with Gasteiger partial charge >= 0.3 is 5.97 Å². The SMILES string of the molecule is Cc1nc2ccc(C(=O)OCC(=O)N[C@@H](Cc3ccccc3)c3ccccc3)cc2nc1C. The van der Waals surface area contributed by atoms with Crippen LogP contribution in [0.25, 0.3) is 11.0 Å². The molecule has 6 nitrogen and oxygen atoms in total. The molecule has 0 saturated heterocycles. The number of hydrogen-bond donors (Lipinski definition) is 1. The Bertz CT molecular complexity index is 1270. The van der Waals surface area contributed by atoms with Crippen molar-refractivity contribution in [1.29, 1.82) is 0 Å². The van der Waals surface area contributed by atoms with Crippen molar-refractivity contribution in [3.05, 3.63) is 107 Å². The zero-order chi connectivity index (χ0) is 23.2. The highest BCUT2D eigenvalue weighted by Gasteiger charge is 2.17. The lowest BCUT2D eigenvalue weighted by atomic mass is 9.99. The van der Waals surface area contributed by atoms with Gasteiger partial charge in [0.15, 0.2) is 6.61 Å². The van der Waals surface area contributed by atoms with E-state index in [-0.39, 0.29) is 18.6 Å². The highest BCUT2D eigenvalue weighted by atomic mass is 16.5. The van der Waals surface area contributed by atoms with Crippen LogP contribution in [0.1, 0.15) is 38.9 Å². The molecule has 1 amide bonds. The number of aryl methyl sites for hydroxylation is 2. The molecule has 3 aromatic carbocycles. The van der Waals surface area contributed by atoms with E-state index in [1.54, 1.807) is 18.2 Å². The lowest BCUT2D eigenvalue weighted by Crippen LogP contribution is -2.33. The molecule has 1 heterocycles. The predicted octanol–water partition coefficient (Wildman–Crippen LogP) is 4.50. The number of benzene rings is 3. The van der Waals surface area contributed by atoms with Gasteiger partial charge in [0.05, 0.1) is 34.0 Å². The van der Waals surface area contributed by atoms with Crippen molar-refractivity contribution in [2.75, 3.05) is 6.61 Å². The van der Waals surface area contributed by atoms with Gasteiger partial charge in [-0.25, -0.2) is 14.8 Å². The van der Waals surface area contributed by atoms with Crippen molar-refractivity contribution < 1.29 is 14.3 Å². The monoisotopic (exact) mass is 439 g/mol. The van der Waals surface area contributed by atoms with Crippen LogP contribution in [-0.4, -0.2) is 28.5 Å². The summed E-state index contributed by atoms with van der Waals surface area (Å²) in [6.07, 6.45) is 0.632. The third-order valence-corrected chi connectivity index (χ3v) is 5.47. The fraction of sp³-hybridized carbons (Fsp3) is 0.185. The van der Waals surface area contributed by atoms with Crippen LogP contribution in [0.4, 0.5) is 0 Å². The smallest absolute Gasteiger partial charge is 0.338 e. The molecular formula is C27H25N3O3. The van der Waals surface area contributed by atoms with Gasteiger partial charge in [0.1, 0.15) is 0 Å². The van der Waals surface area contributed by atoms with Crippen molar-refractivity contribution in [2.45, 2.75) is 26.3 Å². The summed E-state index contributed by atoms with van der Waals surface area (Å²) in [7, 11) is 0. The van der Waals surface area contributed by atoms with Gasteiger partial charge in [0.25, 0.3) is 5.91 Å². The Kier molecular flexibility index (Phi) is 6.74. The van der Waals surface area contributed by atoms with E-state index in [1.807, 2.05) is 74.5 Å². The quantitative estimate of drug-likeness (QED) is 0.429. The van der Waals surface area contributed by atoms with E-state index in [9.17, 15) is 9.59 Å². The minimum atomic E-state index is -0.577. The zero-order valence-corrected chi connectivity index (χ0v) is 18.6. The maximum absolute atomic E-state index is 12.6. The molecule has 4 aromatic rings. The van der Waals surface area contributed by atoms with Crippen LogP contribution in [0, 0.1) is 13.8 Å². The van der Waals surface area contributed by atoms with Gasteiger partial charge in [-0.05, 0) is 49.6 Å². The molecule has 1 aromatic heterocycles. The number of aromatic nitrogens is 2. The molecule has 33 heavy (non-hydrogen) atoms. The molecule has 4 rings (SSSR count). The topological polar surface area (TPSA) is 81.2 Å². The third-order valence-electron chi connectivity index (χ3n) is 5.47. The highest BCUT2D eigenvalue weighted by Crippen LogP contribution is 2.19. The van der Waals surface area contributed by atoms with Gasteiger partial charge in [-0.15, -0.1) is 0 Å². The molecule has 0 saturated carbocycles. The maximum atomic E-state index is 12.6. The number of carbonyl (C=O) groups excluding carboxylic acids is 2. The van der Waals surface area contributed by atoms with Gasteiger partial charge < -0.3 is 10.1 Å². The predicted molar refractivity (Wildman–Crippen MR) is 127 cm³/mol. The van der Waals surface area contributed by atoms with E-state index in [0.717, 1.165) is 22.5 Å². The second kappa shape index (κ2) is 10.0. The summed E-state index contributed by atoms with van der Waals surface area (Å²) < 4.78 is 5.28. The molecular weight excluding hydrogens is 414 g/mol. The summed E-state index contributed by atoms with van der Waals surface area (Å²) >= 11 is 0. The second-order valence-corrected chi connectivity index (χ2v) is 7.89. The largest absolute Gasteiger partial charge is 0.452 e. The first-order valence-electron chi connectivity index (χ1n) is 10.8. The van der Waals surface area contributed by atoms with Crippen molar-refractivity contribution in [1.82, 2.24) is 15.3 Å². The van der Waals surface area contributed by atoms with Crippen LogP contribution in [0.2, 0.25) is 0 Å². The van der Waals surface area contributed by atoms with Crippen LogP contribution in [-0.2, 0) is 16.0 Å². The van der Waals surface area contributed by atoms with Gasteiger partial charge in [-0.1, -0.05) is 60.7 Å². The zero-order valence-electron chi connectivity index (χ0n) is 18.6. The van der Waals surface area contributed by atoms with Gasteiger partial charge in [0, 0.05) is 0 Å². The standard InChI is InChI=1S/C27H25N3O3/c1-18-19(2)29-25-16-22(13-14-23(25)28-18)27(32)33-17-26(31)30-24(21-11-7-4-8-12-21)15-20-9-5-3-6-10-20/h3-14,16,24H,15,17H2,1-2H3,(H,30,31)/t24-/m0/s1. The van der Waals surface area contributed by atoms with Crippen LogP contribution in [0.3, 0.4) is 0 Å². The fourth-order valence-corrected chi connectivity index (χ4v) is 3.60. The molecule has 1 N–H and O–H groups in total. The van der Waals surface area contributed by atoms with E-state index in [4.69, 9.17) is 4.74 Å². The molecule has 0 spiro atoms. The van der Waals surface area contributed by atoms with Crippen LogP contribution < -0.4 is 5.32 Å². The Labute approximate surface area is 192 Å². The summed E-state index contributed by atoms with van der Waals surface area (Å²) in [6.45, 7) is 3.40. The number of hydrogen-bond acceptors (Lipinski definition) is 5. The van der Waals surface area contributed by atoms with Gasteiger partial charge in [-0.3, -0.25) is 4.79 Å². The van der Waals surface area contributed by atoms with Gasteiger partial charge in [0.2, 0.25) is 0 Å². The normalized spacial score (nSPS) is 11.7. The molecule has 0 aliphatic rings. The summed E-state index contributed by atoms with van der Waals surface area (Å²) in [6, 6.07) is 24.5. The average Bonchev–Trinajstić information content (AvgIpc) is 2.84. The Morgan fingerprint density at radius 1 is 0.848 bits per heavy atom. The molecule has 0 bridgehead atoms. The number of ether oxygens (including phenoxy) is 1. The van der Waals surface area contributed by atoms with E-state index in [2.05, 4.69) is 15.3 Å². The second-order valence-electron chi connectivity index (χ2n) is 7.89. The first-order chi connectivity index (χ1) is 16.0. The Morgan fingerprint density at radius 3 is 2.18 bits per heavy atom. The van der Waals surface area contributed by atoms with Crippen LogP contribution >= 0.6 is 0 Å². The summed E-state index contributed by atoms with van der Waals surface area (Å²) in [4.78, 5) is 34.1. The highest BCUT2D eigenvalue weighted by molar-refractivity contribution is 5.94. The number of nitrogens with one attached hydrogen (secondary N) is 1. The van der Waals surface area contributed by atoms with Crippen molar-refractivity contribution in [3.63, 3.8) is 0 Å². The summed E-state index contributed by atoms with van der Waals surface area (Å²) in [5.74, 6) is -0.938. The lowest BCUT2D eigenvalue weighted by Gasteiger charge is -2.19. The van der Waals surface area contributed by atoms with E-state index >= 15 is 0 Å². The molecule has 0 aliphatic heterocycles. The summed E-state index contributed by atoms with van der Waals surface area (Å²) in [5.41, 5.74) is 5.39. The number of amides is 1. The Morgan fingerprint density at radius 2 is 1.48 bits per heavy atom. The first-order valence-corrected chi connectivity index (χ1v) is 10.8. The number of esters is 1.